The quantitative estimate of drug-likeness (QED) is 0.356. The Hall–Kier alpha value is -0.640. The zero-order valence-corrected chi connectivity index (χ0v) is 14.1. The largest absolute Gasteiger partial charge is 0.482 e. The summed E-state index contributed by atoms with van der Waals surface area (Å²) in [4.78, 5) is 12.0. The average molecular weight is 384 g/mol. The van der Waals surface area contributed by atoms with Crippen LogP contribution < -0.4 is 4.74 Å². The van der Waals surface area contributed by atoms with Crippen LogP contribution in [0.25, 0.3) is 0 Å². The summed E-state index contributed by atoms with van der Waals surface area (Å²) < 4.78 is 5.36. The summed E-state index contributed by atoms with van der Waals surface area (Å²) in [5.41, 5.74) is 0.510. The first-order valence-corrected chi connectivity index (χ1v) is 7.55. The van der Waals surface area contributed by atoms with Crippen LogP contribution in [-0.2, 0) is 0 Å². The van der Waals surface area contributed by atoms with Crippen molar-refractivity contribution in [1.82, 2.24) is 0 Å². The van der Waals surface area contributed by atoms with Gasteiger partial charge in [-0.2, -0.15) is 0 Å². The number of hydrogen-bond donors (Lipinski definition) is 0. The third-order valence-corrected chi connectivity index (χ3v) is 4.85. The molecule has 0 aromatic heterocycles. The molecule has 0 aliphatic carbocycles. The van der Waals surface area contributed by atoms with Crippen LogP contribution in [-0.4, -0.2) is 12.4 Å². The van der Waals surface area contributed by atoms with E-state index in [0.29, 0.717) is 5.56 Å². The molecule has 2 aromatic rings. The molecule has 0 saturated heterocycles. The first-order valence-electron chi connectivity index (χ1n) is 5.66. The number of rotatable bonds is 4. The summed E-state index contributed by atoms with van der Waals surface area (Å²) in [5, 5.41) is 0.105. The highest BCUT2D eigenvalue weighted by molar-refractivity contribution is 6.55. The van der Waals surface area contributed by atoms with Crippen LogP contribution in [0.3, 0.4) is 0 Å². The fraction of sp³-hybridized carbons (Fsp3) is 0.0714. The van der Waals surface area contributed by atoms with E-state index in [1.54, 1.807) is 24.3 Å². The summed E-state index contributed by atoms with van der Waals surface area (Å²) in [6.07, 6.45) is 0. The Kier molecular flexibility index (Phi) is 5.64. The molecular weight excluding hydrogens is 377 g/mol. The molecule has 0 unspecified atom stereocenters. The molecule has 0 N–H and O–H groups in total. The van der Waals surface area contributed by atoms with Crippen LogP contribution in [0, 0.1) is 0 Å². The minimum absolute atomic E-state index is 0.0110. The van der Waals surface area contributed by atoms with Crippen molar-refractivity contribution in [1.29, 1.82) is 0 Å². The molecule has 0 aliphatic heterocycles. The second-order valence-electron chi connectivity index (χ2n) is 3.98. The molecule has 0 heterocycles. The van der Waals surface area contributed by atoms with Crippen molar-refractivity contribution in [3.8, 4) is 5.75 Å². The normalized spacial score (nSPS) is 10.5. The lowest BCUT2D eigenvalue weighted by molar-refractivity contribution is 0.0921. The summed E-state index contributed by atoms with van der Waals surface area (Å²) in [6.45, 7) is -0.252. The van der Waals surface area contributed by atoms with Gasteiger partial charge in [0.1, 0.15) is 10.0 Å². The lowest BCUT2D eigenvalue weighted by Gasteiger charge is -2.13. The molecule has 21 heavy (non-hydrogen) atoms. The van der Waals surface area contributed by atoms with Crippen molar-refractivity contribution in [2.45, 2.75) is 0 Å². The monoisotopic (exact) mass is 382 g/mol. The maximum absolute atomic E-state index is 12.0. The van der Waals surface area contributed by atoms with Crippen LogP contribution in [0.4, 0.5) is 0 Å². The molecule has 2 aromatic carbocycles. The molecular formula is C14H7Cl5O2. The van der Waals surface area contributed by atoms with E-state index in [0.717, 1.165) is 0 Å². The Labute approximate surface area is 146 Å². The molecule has 0 saturated carbocycles. The lowest BCUT2D eigenvalue weighted by Crippen LogP contribution is -2.12. The van der Waals surface area contributed by atoms with E-state index in [4.69, 9.17) is 62.7 Å². The topological polar surface area (TPSA) is 26.3 Å². The van der Waals surface area contributed by atoms with E-state index >= 15 is 0 Å². The van der Waals surface area contributed by atoms with E-state index in [-0.39, 0.29) is 43.3 Å². The number of carbonyl (C=O) groups excluding carboxylic acids is 1. The molecule has 0 aliphatic rings. The van der Waals surface area contributed by atoms with Crippen molar-refractivity contribution >= 4 is 63.8 Å². The van der Waals surface area contributed by atoms with Gasteiger partial charge in [0.25, 0.3) is 0 Å². The Morgan fingerprint density at radius 1 is 0.810 bits per heavy atom. The highest BCUT2D eigenvalue weighted by Gasteiger charge is 2.21. The van der Waals surface area contributed by atoms with E-state index in [9.17, 15) is 4.79 Å². The van der Waals surface area contributed by atoms with Gasteiger partial charge in [0.15, 0.2) is 18.1 Å². The number of benzene rings is 2. The second-order valence-corrected chi connectivity index (χ2v) is 5.87. The zero-order valence-electron chi connectivity index (χ0n) is 10.3. The zero-order chi connectivity index (χ0) is 15.6. The predicted octanol–water partition coefficient (Wildman–Crippen LogP) is 6.22. The highest BCUT2D eigenvalue weighted by Crippen LogP contribution is 2.48. The standard InChI is InChI=1S/C14H7Cl5O2/c15-9-10(16)12(18)14(13(19)11(9)17)21-6-8(20)7-4-2-1-3-5-7/h1-5H,6H2. The molecule has 0 bridgehead atoms. The lowest BCUT2D eigenvalue weighted by atomic mass is 10.1. The number of ketones is 1. The summed E-state index contributed by atoms with van der Waals surface area (Å²) >= 11 is 29.7. The van der Waals surface area contributed by atoms with Crippen LogP contribution in [0.5, 0.6) is 5.75 Å². The number of ether oxygens (including phenoxy) is 1. The molecule has 0 amide bonds. The van der Waals surface area contributed by atoms with Crippen LogP contribution >= 0.6 is 58.0 Å². The van der Waals surface area contributed by atoms with Crippen molar-refractivity contribution in [2.75, 3.05) is 6.61 Å². The SMILES string of the molecule is O=C(COc1c(Cl)c(Cl)c(Cl)c(Cl)c1Cl)c1ccccc1. The smallest absolute Gasteiger partial charge is 0.200 e. The number of carbonyl (C=O) groups is 1. The molecule has 7 heteroatoms. The number of hydrogen-bond acceptors (Lipinski definition) is 2. The van der Waals surface area contributed by atoms with Gasteiger partial charge in [0.05, 0.1) is 15.1 Å². The summed E-state index contributed by atoms with van der Waals surface area (Å²) in [5.74, 6) is -0.202. The van der Waals surface area contributed by atoms with Crippen LogP contribution in [0.1, 0.15) is 10.4 Å². The van der Waals surface area contributed by atoms with E-state index < -0.39 is 0 Å². The molecule has 0 radical (unpaired) electrons. The minimum atomic E-state index is -0.252. The molecule has 0 fully saturated rings. The van der Waals surface area contributed by atoms with Gasteiger partial charge in [-0.3, -0.25) is 4.79 Å². The Morgan fingerprint density at radius 3 is 1.81 bits per heavy atom. The maximum Gasteiger partial charge on any atom is 0.200 e. The predicted molar refractivity (Wildman–Crippen MR) is 87.8 cm³/mol. The Morgan fingerprint density at radius 2 is 1.29 bits per heavy atom. The molecule has 0 spiro atoms. The van der Waals surface area contributed by atoms with Crippen molar-refractivity contribution in [3.63, 3.8) is 0 Å². The third-order valence-electron chi connectivity index (χ3n) is 2.61. The van der Waals surface area contributed by atoms with Crippen molar-refractivity contribution in [2.24, 2.45) is 0 Å². The first kappa shape index (κ1) is 16.7. The van der Waals surface area contributed by atoms with Crippen LogP contribution in [0.2, 0.25) is 25.1 Å². The number of Topliss-reactive ketones (excluding diaryl/α,β-unsaturated/α-hetero) is 1. The van der Waals surface area contributed by atoms with Crippen LogP contribution in [0.15, 0.2) is 30.3 Å². The summed E-state index contributed by atoms with van der Waals surface area (Å²) in [6, 6.07) is 8.67. The Balaban J connectivity index is 2.23. The van der Waals surface area contributed by atoms with Gasteiger partial charge >= 0.3 is 0 Å². The fourth-order valence-electron chi connectivity index (χ4n) is 1.56. The third kappa shape index (κ3) is 3.58. The molecule has 0 atom stereocenters. The van der Waals surface area contributed by atoms with E-state index in [1.807, 2.05) is 6.07 Å². The van der Waals surface area contributed by atoms with Gasteiger partial charge in [-0.25, -0.2) is 0 Å². The summed E-state index contributed by atoms with van der Waals surface area (Å²) in [7, 11) is 0. The van der Waals surface area contributed by atoms with Gasteiger partial charge in [-0.1, -0.05) is 88.3 Å². The Bertz CT molecular complexity index is 657. The van der Waals surface area contributed by atoms with Crippen molar-refractivity contribution in [3.05, 3.63) is 61.0 Å². The van der Waals surface area contributed by atoms with Gasteiger partial charge in [0, 0.05) is 5.56 Å². The van der Waals surface area contributed by atoms with Gasteiger partial charge in [0.2, 0.25) is 0 Å². The molecule has 110 valence electrons. The van der Waals surface area contributed by atoms with Crippen molar-refractivity contribution < 1.29 is 9.53 Å². The van der Waals surface area contributed by atoms with Gasteiger partial charge in [-0.05, 0) is 0 Å². The van der Waals surface area contributed by atoms with Gasteiger partial charge < -0.3 is 4.74 Å². The maximum atomic E-state index is 12.0. The first-order chi connectivity index (χ1) is 9.93. The molecule has 2 rings (SSSR count). The van der Waals surface area contributed by atoms with Gasteiger partial charge in [-0.15, -0.1) is 0 Å². The minimum Gasteiger partial charge on any atom is -0.482 e. The molecule has 2 nitrogen and oxygen atoms in total. The fourth-order valence-corrected chi connectivity index (χ4v) is 2.79. The average Bonchev–Trinajstić information content (AvgIpc) is 2.51. The van der Waals surface area contributed by atoms with E-state index in [2.05, 4.69) is 0 Å². The number of halogens is 5. The highest BCUT2D eigenvalue weighted by atomic mass is 35.5. The van der Waals surface area contributed by atoms with E-state index in [1.165, 1.54) is 0 Å². The second kappa shape index (κ2) is 7.08.